The zero-order chi connectivity index (χ0) is 15.9. The number of nitrogens with one attached hydrogen (secondary N) is 1. The Kier molecular flexibility index (Phi) is 6.05. The molecule has 1 aliphatic carbocycles. The molecule has 3 rings (SSSR count). The second-order valence-corrected chi connectivity index (χ2v) is 6.49. The Balaban J connectivity index is 1.42. The summed E-state index contributed by atoms with van der Waals surface area (Å²) in [4.78, 5) is 10.8. The van der Waals surface area contributed by atoms with Gasteiger partial charge in [-0.15, -0.1) is 0 Å². The first-order valence-corrected chi connectivity index (χ1v) is 8.92. The molecule has 128 valence electrons. The number of ether oxygens (including phenoxy) is 1. The van der Waals surface area contributed by atoms with Gasteiger partial charge in [0, 0.05) is 25.8 Å². The van der Waals surface area contributed by atoms with Crippen LogP contribution in [0.15, 0.2) is 12.4 Å². The highest BCUT2D eigenvalue weighted by Crippen LogP contribution is 2.24. The predicted octanol–water partition coefficient (Wildman–Crippen LogP) is 2.20. The highest BCUT2D eigenvalue weighted by Gasteiger charge is 2.25. The monoisotopic (exact) mass is 320 g/mol. The fourth-order valence-electron chi connectivity index (χ4n) is 3.52. The predicted molar refractivity (Wildman–Crippen MR) is 90.8 cm³/mol. The van der Waals surface area contributed by atoms with E-state index in [1.807, 2.05) is 6.07 Å². The molecule has 23 heavy (non-hydrogen) atoms. The fraction of sp³-hybridized carbons (Fsp3) is 0.765. The number of aliphatic hydroxyl groups excluding tert-OH is 1. The lowest BCUT2D eigenvalue weighted by Gasteiger charge is -2.24. The van der Waals surface area contributed by atoms with E-state index in [0.717, 1.165) is 50.6 Å². The maximum atomic E-state index is 9.44. The van der Waals surface area contributed by atoms with Crippen LogP contribution in [0.5, 0.6) is 0 Å². The molecule has 0 spiro atoms. The Bertz CT molecular complexity index is 479. The number of rotatable bonds is 8. The van der Waals surface area contributed by atoms with Gasteiger partial charge >= 0.3 is 0 Å². The lowest BCUT2D eigenvalue weighted by Crippen LogP contribution is -2.32. The van der Waals surface area contributed by atoms with Crippen LogP contribution in [0.1, 0.15) is 44.9 Å². The van der Waals surface area contributed by atoms with E-state index in [0.29, 0.717) is 6.10 Å². The van der Waals surface area contributed by atoms with E-state index in [2.05, 4.69) is 20.2 Å². The number of nitrogens with zero attached hydrogens (tertiary/aromatic N) is 3. The zero-order valence-corrected chi connectivity index (χ0v) is 13.8. The Labute approximate surface area is 138 Å². The summed E-state index contributed by atoms with van der Waals surface area (Å²) in [5.41, 5.74) is 0. The van der Waals surface area contributed by atoms with Crippen LogP contribution in [0.4, 0.5) is 11.6 Å². The van der Waals surface area contributed by atoms with Gasteiger partial charge in [-0.25, -0.2) is 9.97 Å². The number of anilines is 2. The minimum atomic E-state index is 0.186. The molecule has 2 heterocycles. The first kappa shape index (κ1) is 16.5. The number of hydrogen-bond acceptors (Lipinski definition) is 6. The average Bonchev–Trinajstić information content (AvgIpc) is 3.26. The van der Waals surface area contributed by atoms with Crippen LogP contribution in [0, 0.1) is 0 Å². The topological polar surface area (TPSA) is 70.5 Å². The molecule has 0 unspecified atom stereocenters. The molecule has 1 saturated heterocycles. The molecule has 2 aliphatic rings. The van der Waals surface area contributed by atoms with Crippen LogP contribution in [-0.4, -0.2) is 53.5 Å². The molecular formula is C17H28N4O2. The molecule has 1 aliphatic heterocycles. The van der Waals surface area contributed by atoms with Crippen molar-refractivity contribution in [3.63, 3.8) is 0 Å². The summed E-state index contributed by atoms with van der Waals surface area (Å²) in [5.74, 6) is 1.75. The quantitative estimate of drug-likeness (QED) is 0.716. The molecule has 0 amide bonds. The van der Waals surface area contributed by atoms with Gasteiger partial charge in [-0.05, 0) is 32.1 Å². The fourth-order valence-corrected chi connectivity index (χ4v) is 3.52. The second kappa shape index (κ2) is 8.45. The van der Waals surface area contributed by atoms with Crippen molar-refractivity contribution in [3.8, 4) is 0 Å². The van der Waals surface area contributed by atoms with Gasteiger partial charge in [-0.3, -0.25) is 0 Å². The van der Waals surface area contributed by atoms with E-state index in [-0.39, 0.29) is 12.6 Å². The Morgan fingerprint density at radius 2 is 2.09 bits per heavy atom. The van der Waals surface area contributed by atoms with Gasteiger partial charge in [0.1, 0.15) is 18.0 Å². The molecule has 1 atom stereocenters. The SMILES string of the molecule is OC[C@H]1CCCN1c1cc(NCCCOC2CCCC2)ncn1. The molecule has 0 aromatic carbocycles. The first-order valence-electron chi connectivity index (χ1n) is 8.92. The minimum absolute atomic E-state index is 0.186. The third-order valence-electron chi connectivity index (χ3n) is 4.82. The molecule has 1 saturated carbocycles. The van der Waals surface area contributed by atoms with Crippen LogP contribution in [0.25, 0.3) is 0 Å². The summed E-state index contributed by atoms with van der Waals surface area (Å²) in [6.45, 7) is 2.81. The summed E-state index contributed by atoms with van der Waals surface area (Å²) in [6.07, 6.45) is 10.3. The second-order valence-electron chi connectivity index (χ2n) is 6.49. The van der Waals surface area contributed by atoms with Crippen molar-refractivity contribution in [2.75, 3.05) is 36.5 Å². The standard InChI is InChI=1S/C17H28N4O2/c22-12-14-5-3-9-21(14)17-11-16(19-13-20-17)18-8-4-10-23-15-6-1-2-7-15/h11,13-15,22H,1-10,12H2,(H,18,19,20)/t14-/m1/s1. The number of aromatic nitrogens is 2. The summed E-state index contributed by atoms with van der Waals surface area (Å²) in [5, 5.41) is 12.8. The minimum Gasteiger partial charge on any atom is -0.394 e. The van der Waals surface area contributed by atoms with Crippen LogP contribution in [0.2, 0.25) is 0 Å². The van der Waals surface area contributed by atoms with Gasteiger partial charge < -0.3 is 20.1 Å². The summed E-state index contributed by atoms with van der Waals surface area (Å²) in [6, 6.07) is 2.17. The van der Waals surface area contributed by atoms with Gasteiger partial charge in [0.25, 0.3) is 0 Å². The molecule has 6 nitrogen and oxygen atoms in total. The van der Waals surface area contributed by atoms with Crippen molar-refractivity contribution < 1.29 is 9.84 Å². The average molecular weight is 320 g/mol. The van der Waals surface area contributed by atoms with Crippen LogP contribution >= 0.6 is 0 Å². The molecule has 1 aromatic rings. The molecule has 2 N–H and O–H groups in total. The van der Waals surface area contributed by atoms with Gasteiger partial charge in [-0.1, -0.05) is 12.8 Å². The Morgan fingerprint density at radius 1 is 1.22 bits per heavy atom. The van der Waals surface area contributed by atoms with E-state index >= 15 is 0 Å². The van der Waals surface area contributed by atoms with Crippen molar-refractivity contribution in [2.45, 2.75) is 57.1 Å². The molecule has 0 radical (unpaired) electrons. The smallest absolute Gasteiger partial charge is 0.134 e. The van der Waals surface area contributed by atoms with Gasteiger partial charge in [0.05, 0.1) is 18.8 Å². The van der Waals surface area contributed by atoms with E-state index in [4.69, 9.17) is 4.74 Å². The number of aliphatic hydroxyl groups is 1. The lowest BCUT2D eigenvalue weighted by molar-refractivity contribution is 0.0583. The van der Waals surface area contributed by atoms with Crippen molar-refractivity contribution in [1.82, 2.24) is 9.97 Å². The van der Waals surface area contributed by atoms with Gasteiger partial charge in [-0.2, -0.15) is 0 Å². The van der Waals surface area contributed by atoms with E-state index in [1.54, 1.807) is 6.33 Å². The van der Waals surface area contributed by atoms with Crippen LogP contribution in [-0.2, 0) is 4.74 Å². The molecular weight excluding hydrogens is 292 g/mol. The summed E-state index contributed by atoms with van der Waals surface area (Å²) in [7, 11) is 0. The van der Waals surface area contributed by atoms with Gasteiger partial charge in [0.2, 0.25) is 0 Å². The van der Waals surface area contributed by atoms with Crippen molar-refractivity contribution in [3.05, 3.63) is 12.4 Å². The van der Waals surface area contributed by atoms with Crippen molar-refractivity contribution in [2.24, 2.45) is 0 Å². The molecule has 1 aromatic heterocycles. The largest absolute Gasteiger partial charge is 0.394 e. The first-order chi connectivity index (χ1) is 11.4. The van der Waals surface area contributed by atoms with Crippen LogP contribution < -0.4 is 10.2 Å². The maximum Gasteiger partial charge on any atom is 0.134 e. The van der Waals surface area contributed by atoms with E-state index < -0.39 is 0 Å². The van der Waals surface area contributed by atoms with E-state index in [1.165, 1.54) is 25.7 Å². The third-order valence-corrected chi connectivity index (χ3v) is 4.82. The lowest BCUT2D eigenvalue weighted by atomic mass is 10.2. The van der Waals surface area contributed by atoms with Gasteiger partial charge in [0.15, 0.2) is 0 Å². The molecule has 0 bridgehead atoms. The molecule has 6 heteroatoms. The zero-order valence-electron chi connectivity index (χ0n) is 13.8. The highest BCUT2D eigenvalue weighted by molar-refractivity contribution is 5.49. The summed E-state index contributed by atoms with van der Waals surface area (Å²) < 4.78 is 5.87. The highest BCUT2D eigenvalue weighted by atomic mass is 16.5. The van der Waals surface area contributed by atoms with Crippen molar-refractivity contribution in [1.29, 1.82) is 0 Å². The van der Waals surface area contributed by atoms with E-state index in [9.17, 15) is 5.11 Å². The molecule has 2 fully saturated rings. The normalized spacial score (nSPS) is 22.0. The maximum absolute atomic E-state index is 9.44. The number of hydrogen-bond donors (Lipinski definition) is 2. The van der Waals surface area contributed by atoms with Crippen LogP contribution in [0.3, 0.4) is 0 Å². The Morgan fingerprint density at radius 3 is 2.91 bits per heavy atom. The Hall–Kier alpha value is -1.40. The third kappa shape index (κ3) is 4.54. The van der Waals surface area contributed by atoms with Crippen molar-refractivity contribution >= 4 is 11.6 Å². The summed E-state index contributed by atoms with van der Waals surface area (Å²) >= 11 is 0.